The van der Waals surface area contributed by atoms with Gasteiger partial charge in [0.2, 0.25) is 0 Å². The molecule has 2 aromatic rings. The van der Waals surface area contributed by atoms with Gasteiger partial charge in [-0.25, -0.2) is 4.57 Å². The highest BCUT2D eigenvalue weighted by molar-refractivity contribution is 9.10. The van der Waals surface area contributed by atoms with Gasteiger partial charge in [0.05, 0.1) is 9.40 Å². The molecule has 11 heteroatoms. The van der Waals surface area contributed by atoms with Gasteiger partial charge in [-0.2, -0.15) is 20.5 Å². The van der Waals surface area contributed by atoms with E-state index in [9.17, 15) is 23.5 Å². The van der Waals surface area contributed by atoms with Crippen molar-refractivity contribution in [2.45, 2.75) is 17.7 Å². The fourth-order valence-electron chi connectivity index (χ4n) is 1.89. The quantitative estimate of drug-likeness (QED) is 0.309. The maximum Gasteiger partial charge on any atom is 0.442 e. The van der Waals surface area contributed by atoms with Crippen molar-refractivity contribution in [3.63, 3.8) is 0 Å². The van der Waals surface area contributed by atoms with Gasteiger partial charge in [-0.3, -0.25) is 10.1 Å². The average molecular weight is 468 g/mol. The van der Waals surface area contributed by atoms with E-state index in [1.807, 2.05) is 0 Å². The summed E-state index contributed by atoms with van der Waals surface area (Å²) in [5, 5.41) is 10.6. The zero-order valence-electron chi connectivity index (χ0n) is 13.0. The second kappa shape index (κ2) is 8.94. The molecule has 6 nitrogen and oxygen atoms in total. The Kier molecular flexibility index (Phi) is 7.16. The van der Waals surface area contributed by atoms with Crippen LogP contribution in [0.3, 0.4) is 0 Å². The van der Waals surface area contributed by atoms with Crippen molar-refractivity contribution in [1.29, 1.82) is 0 Å². The molecule has 0 radical (unpaired) electrons. The summed E-state index contributed by atoms with van der Waals surface area (Å²) < 4.78 is 40.9. The molecule has 2 aromatic carbocycles. The SMILES string of the molecule is O=[N+]([O-])c1ccc(CSCc2ccc(OP(=O)(O)C(F)F)c(Br)c2)cc1. The number of hydrogen-bond acceptors (Lipinski definition) is 5. The summed E-state index contributed by atoms with van der Waals surface area (Å²) in [5.74, 6) is 1.08. The van der Waals surface area contributed by atoms with E-state index >= 15 is 0 Å². The first-order valence-electron chi connectivity index (χ1n) is 7.09. The lowest BCUT2D eigenvalue weighted by atomic mass is 10.2. The van der Waals surface area contributed by atoms with Crippen LogP contribution < -0.4 is 4.52 Å². The molecule has 0 saturated carbocycles. The molecule has 0 bridgehead atoms. The van der Waals surface area contributed by atoms with E-state index in [0.717, 1.165) is 11.1 Å². The van der Waals surface area contributed by atoms with Crippen molar-refractivity contribution < 1.29 is 27.7 Å². The summed E-state index contributed by atoms with van der Waals surface area (Å²) in [5.41, 5.74) is 1.81. The summed E-state index contributed by atoms with van der Waals surface area (Å²) in [6, 6.07) is 10.8. The third kappa shape index (κ3) is 5.77. The average Bonchev–Trinajstić information content (AvgIpc) is 2.57. The smallest absolute Gasteiger partial charge is 0.420 e. The number of nitro benzene ring substituents is 1. The molecule has 1 atom stereocenters. The lowest BCUT2D eigenvalue weighted by molar-refractivity contribution is -0.384. The van der Waals surface area contributed by atoms with Gasteiger partial charge in [-0.05, 0) is 39.2 Å². The van der Waals surface area contributed by atoms with Crippen LogP contribution >= 0.6 is 35.3 Å². The van der Waals surface area contributed by atoms with E-state index in [1.165, 1.54) is 18.2 Å². The van der Waals surface area contributed by atoms with Crippen LogP contribution in [0, 0.1) is 10.1 Å². The van der Waals surface area contributed by atoms with Crippen molar-refractivity contribution in [2.75, 3.05) is 0 Å². The highest BCUT2D eigenvalue weighted by atomic mass is 79.9. The molecular formula is C15H13BrF2NO5PS. The molecule has 0 amide bonds. The highest BCUT2D eigenvalue weighted by Crippen LogP contribution is 2.50. The molecule has 0 heterocycles. The molecule has 0 aliphatic heterocycles. The van der Waals surface area contributed by atoms with E-state index in [1.54, 1.807) is 36.0 Å². The molecule has 0 aliphatic rings. The normalized spacial score (nSPS) is 13.4. The number of thioether (sulfide) groups is 1. The monoisotopic (exact) mass is 467 g/mol. The fourth-order valence-corrected chi connectivity index (χ4v) is 3.99. The van der Waals surface area contributed by atoms with Crippen molar-refractivity contribution in [3.8, 4) is 5.75 Å². The summed E-state index contributed by atoms with van der Waals surface area (Å²) >= 11 is 4.68. The molecule has 2 rings (SSSR count). The summed E-state index contributed by atoms with van der Waals surface area (Å²) in [6.45, 7) is 0. The van der Waals surface area contributed by atoms with E-state index in [2.05, 4.69) is 20.5 Å². The molecule has 140 valence electrons. The number of alkyl halides is 2. The molecule has 0 saturated heterocycles. The van der Waals surface area contributed by atoms with Crippen molar-refractivity contribution >= 4 is 41.0 Å². The number of hydrogen-bond donors (Lipinski definition) is 1. The number of halogens is 3. The molecule has 0 fully saturated rings. The molecule has 0 spiro atoms. The Morgan fingerprint density at radius 1 is 1.19 bits per heavy atom. The third-order valence-electron chi connectivity index (χ3n) is 3.16. The Morgan fingerprint density at radius 2 is 1.77 bits per heavy atom. The number of nitro groups is 1. The summed E-state index contributed by atoms with van der Waals surface area (Å²) in [4.78, 5) is 19.2. The van der Waals surface area contributed by atoms with Gasteiger partial charge in [0.1, 0.15) is 5.75 Å². The van der Waals surface area contributed by atoms with E-state index < -0.39 is 18.7 Å². The van der Waals surface area contributed by atoms with Crippen LogP contribution in [-0.4, -0.2) is 16.0 Å². The van der Waals surface area contributed by atoms with Gasteiger partial charge in [-0.15, -0.1) is 0 Å². The molecular weight excluding hydrogens is 455 g/mol. The first-order valence-corrected chi connectivity index (χ1v) is 10.7. The van der Waals surface area contributed by atoms with Gasteiger partial charge in [-0.1, -0.05) is 18.2 Å². The van der Waals surface area contributed by atoms with Gasteiger partial charge in [0.15, 0.2) is 0 Å². The van der Waals surface area contributed by atoms with Crippen LogP contribution in [-0.2, 0) is 16.1 Å². The van der Waals surface area contributed by atoms with Gasteiger partial charge in [0, 0.05) is 23.6 Å². The van der Waals surface area contributed by atoms with Crippen LogP contribution in [0.2, 0.25) is 0 Å². The Hall–Kier alpha value is -1.48. The van der Waals surface area contributed by atoms with Crippen molar-refractivity contribution in [3.05, 3.63) is 68.2 Å². The molecule has 1 unspecified atom stereocenters. The first kappa shape index (κ1) is 20.8. The highest BCUT2D eigenvalue weighted by Gasteiger charge is 2.34. The van der Waals surface area contributed by atoms with Crippen LogP contribution in [0.4, 0.5) is 14.5 Å². The Morgan fingerprint density at radius 3 is 2.31 bits per heavy atom. The molecule has 1 N–H and O–H groups in total. The number of nitrogens with zero attached hydrogens (tertiary/aromatic N) is 1. The van der Waals surface area contributed by atoms with Crippen LogP contribution in [0.1, 0.15) is 11.1 Å². The molecule has 26 heavy (non-hydrogen) atoms. The van der Waals surface area contributed by atoms with Crippen LogP contribution in [0.5, 0.6) is 5.75 Å². The van der Waals surface area contributed by atoms with Crippen molar-refractivity contribution in [1.82, 2.24) is 0 Å². The number of benzene rings is 2. The second-order valence-corrected chi connectivity index (χ2v) is 8.66. The molecule has 0 aliphatic carbocycles. The van der Waals surface area contributed by atoms with Gasteiger partial charge in [0.25, 0.3) is 5.69 Å². The van der Waals surface area contributed by atoms with Crippen LogP contribution in [0.25, 0.3) is 0 Å². The van der Waals surface area contributed by atoms with E-state index in [0.29, 0.717) is 16.0 Å². The third-order valence-corrected chi connectivity index (χ3v) is 5.80. The topological polar surface area (TPSA) is 89.7 Å². The van der Waals surface area contributed by atoms with Crippen LogP contribution in [0.15, 0.2) is 46.9 Å². The maximum absolute atomic E-state index is 12.4. The minimum atomic E-state index is -5.02. The predicted molar refractivity (Wildman–Crippen MR) is 98.7 cm³/mol. The molecule has 0 aromatic heterocycles. The second-order valence-electron chi connectivity index (χ2n) is 5.11. The zero-order chi connectivity index (χ0) is 19.3. The largest absolute Gasteiger partial charge is 0.442 e. The Balaban J connectivity index is 1.93. The predicted octanol–water partition coefficient (Wildman–Crippen LogP) is 5.58. The summed E-state index contributed by atoms with van der Waals surface area (Å²) in [7, 11) is -5.02. The fraction of sp³-hybridized carbons (Fsp3) is 0.200. The van der Waals surface area contributed by atoms with E-state index in [4.69, 9.17) is 4.89 Å². The minimum absolute atomic E-state index is 0.0308. The van der Waals surface area contributed by atoms with E-state index in [-0.39, 0.29) is 11.4 Å². The number of non-ortho nitro benzene ring substituents is 1. The Bertz CT molecular complexity index is 837. The van der Waals surface area contributed by atoms with Gasteiger partial charge >= 0.3 is 13.8 Å². The lowest BCUT2D eigenvalue weighted by Crippen LogP contribution is -2.01. The number of rotatable bonds is 8. The van der Waals surface area contributed by atoms with Gasteiger partial charge < -0.3 is 9.42 Å². The standard InChI is InChI=1S/C15H13BrF2NO5PS/c16-13-7-11(3-6-14(13)24-25(22,23)15(17)18)9-26-8-10-1-4-12(5-2-10)19(20)21/h1-7,15H,8-9H2,(H,22,23). The minimum Gasteiger partial charge on any atom is -0.420 e. The lowest BCUT2D eigenvalue weighted by Gasteiger charge is -2.14. The first-order chi connectivity index (χ1) is 12.2. The Labute approximate surface area is 160 Å². The maximum atomic E-state index is 12.4. The summed E-state index contributed by atoms with van der Waals surface area (Å²) in [6.07, 6.45) is -3.48. The van der Waals surface area contributed by atoms with Crippen molar-refractivity contribution in [2.24, 2.45) is 0 Å². The zero-order valence-corrected chi connectivity index (χ0v) is 16.3.